The van der Waals surface area contributed by atoms with Crippen LogP contribution in [0.3, 0.4) is 0 Å². The Morgan fingerprint density at radius 2 is 1.79 bits per heavy atom. The predicted molar refractivity (Wildman–Crippen MR) is 108 cm³/mol. The minimum atomic E-state index is -0.568. The Morgan fingerprint density at radius 1 is 1.10 bits per heavy atom. The second-order valence-electron chi connectivity index (χ2n) is 5.84. The number of H-pyrrole nitrogens is 1. The summed E-state index contributed by atoms with van der Waals surface area (Å²) in [5.74, 6) is 0.514. The van der Waals surface area contributed by atoms with Crippen LogP contribution in [0.15, 0.2) is 58.5 Å². The molecule has 0 spiro atoms. The summed E-state index contributed by atoms with van der Waals surface area (Å²) < 4.78 is 5.12. The van der Waals surface area contributed by atoms with Crippen molar-refractivity contribution in [3.05, 3.63) is 75.6 Å². The highest BCUT2D eigenvalue weighted by atomic mass is 32.2. The third-order valence-electron chi connectivity index (χ3n) is 4.05. The smallest absolute Gasteiger partial charge is 0.270 e. The first-order valence-electron chi connectivity index (χ1n) is 8.40. The molecule has 0 fully saturated rings. The summed E-state index contributed by atoms with van der Waals surface area (Å²) in [5.41, 5.74) is 1.10. The van der Waals surface area contributed by atoms with E-state index in [-0.39, 0.29) is 27.9 Å². The van der Waals surface area contributed by atoms with Crippen molar-refractivity contribution in [2.24, 2.45) is 0 Å². The molecule has 1 aromatic heterocycles. The molecule has 0 atom stereocenters. The molecule has 0 amide bonds. The number of ether oxygens (including phenoxy) is 1. The van der Waals surface area contributed by atoms with Gasteiger partial charge in [0.05, 0.1) is 30.2 Å². The van der Waals surface area contributed by atoms with Crippen molar-refractivity contribution in [3.8, 4) is 29.1 Å². The van der Waals surface area contributed by atoms with E-state index in [9.17, 15) is 14.9 Å². The first kappa shape index (κ1) is 19.9. The monoisotopic (exact) mass is 402 g/mol. The molecule has 3 rings (SSSR count). The predicted octanol–water partition coefficient (Wildman–Crippen LogP) is 3.16. The molecular weight excluding hydrogens is 388 g/mol. The average molecular weight is 402 g/mol. The van der Waals surface area contributed by atoms with Crippen molar-refractivity contribution in [2.45, 2.75) is 5.16 Å². The van der Waals surface area contributed by atoms with E-state index in [0.717, 1.165) is 11.8 Å². The van der Waals surface area contributed by atoms with Gasteiger partial charge >= 0.3 is 0 Å². The summed E-state index contributed by atoms with van der Waals surface area (Å²) in [6.07, 6.45) is 0. The zero-order valence-corrected chi connectivity index (χ0v) is 16.1. The van der Waals surface area contributed by atoms with E-state index in [1.54, 1.807) is 55.6 Å². The number of nitrogens with one attached hydrogen (secondary N) is 1. The fourth-order valence-electron chi connectivity index (χ4n) is 2.53. The number of thioether (sulfide) groups is 1. The van der Waals surface area contributed by atoms with E-state index in [2.05, 4.69) is 9.97 Å². The zero-order valence-electron chi connectivity index (χ0n) is 15.3. The molecule has 142 valence electrons. The van der Waals surface area contributed by atoms with Crippen molar-refractivity contribution >= 4 is 17.5 Å². The molecule has 0 radical (unpaired) electrons. The number of ketones is 1. The summed E-state index contributed by atoms with van der Waals surface area (Å²) in [7, 11) is 1.54. The van der Waals surface area contributed by atoms with Crippen molar-refractivity contribution in [2.75, 3.05) is 12.9 Å². The molecule has 1 heterocycles. The Kier molecular flexibility index (Phi) is 6.08. The fourth-order valence-corrected chi connectivity index (χ4v) is 3.29. The number of Topliss-reactive ketones (excluding diaryl/α,β-unsaturated/α-hetero) is 1. The van der Waals surface area contributed by atoms with E-state index < -0.39 is 5.56 Å². The van der Waals surface area contributed by atoms with Crippen LogP contribution in [0.25, 0.3) is 11.3 Å². The molecule has 7 nitrogen and oxygen atoms in total. The van der Waals surface area contributed by atoms with Gasteiger partial charge in [-0.05, 0) is 36.4 Å². The van der Waals surface area contributed by atoms with Gasteiger partial charge in [0.25, 0.3) is 5.56 Å². The summed E-state index contributed by atoms with van der Waals surface area (Å²) in [4.78, 5) is 31.6. The van der Waals surface area contributed by atoms with Gasteiger partial charge in [-0.25, -0.2) is 4.98 Å². The van der Waals surface area contributed by atoms with Crippen molar-refractivity contribution in [1.29, 1.82) is 10.5 Å². The van der Waals surface area contributed by atoms with E-state index in [1.165, 1.54) is 0 Å². The second-order valence-corrected chi connectivity index (χ2v) is 6.80. The Bertz CT molecular complexity index is 1190. The molecule has 8 heteroatoms. The van der Waals surface area contributed by atoms with Gasteiger partial charge in [-0.1, -0.05) is 23.9 Å². The van der Waals surface area contributed by atoms with Gasteiger partial charge in [0.1, 0.15) is 17.4 Å². The normalized spacial score (nSPS) is 10.0. The van der Waals surface area contributed by atoms with E-state index >= 15 is 0 Å². The lowest BCUT2D eigenvalue weighted by Gasteiger charge is -2.07. The molecule has 3 aromatic rings. The Balaban J connectivity index is 1.85. The summed E-state index contributed by atoms with van der Waals surface area (Å²) in [6.45, 7) is 0. The highest BCUT2D eigenvalue weighted by Gasteiger charge is 2.15. The zero-order chi connectivity index (χ0) is 20.8. The van der Waals surface area contributed by atoms with E-state index in [0.29, 0.717) is 22.4 Å². The van der Waals surface area contributed by atoms with Crippen LogP contribution < -0.4 is 10.3 Å². The largest absolute Gasteiger partial charge is 0.497 e. The average Bonchev–Trinajstić information content (AvgIpc) is 2.77. The number of nitriles is 2. The second kappa shape index (κ2) is 8.87. The van der Waals surface area contributed by atoms with E-state index in [4.69, 9.17) is 10.00 Å². The SMILES string of the molecule is COc1ccc(-c2nc(SCC(=O)c3ccc(C#N)cc3)[nH]c(=O)c2C#N)cc1. The fraction of sp³-hybridized carbons (Fsp3) is 0.0952. The lowest BCUT2D eigenvalue weighted by atomic mass is 10.1. The van der Waals surface area contributed by atoms with Gasteiger partial charge in [-0.15, -0.1) is 0 Å². The summed E-state index contributed by atoms with van der Waals surface area (Å²) >= 11 is 1.07. The Hall–Kier alpha value is -3.88. The number of carbonyl (C=O) groups is 1. The van der Waals surface area contributed by atoms with Gasteiger partial charge in [-0.2, -0.15) is 10.5 Å². The number of aromatic nitrogens is 2. The number of aromatic amines is 1. The van der Waals surface area contributed by atoms with Crippen LogP contribution in [0.4, 0.5) is 0 Å². The topological polar surface area (TPSA) is 120 Å². The number of nitrogens with zero attached hydrogens (tertiary/aromatic N) is 3. The van der Waals surface area contributed by atoms with Crippen LogP contribution in [0.5, 0.6) is 5.75 Å². The summed E-state index contributed by atoms with van der Waals surface area (Å²) in [5, 5.41) is 18.4. The van der Waals surface area contributed by atoms with Gasteiger partial charge in [0.15, 0.2) is 10.9 Å². The van der Waals surface area contributed by atoms with Crippen molar-refractivity contribution < 1.29 is 9.53 Å². The molecular formula is C21H14N4O3S. The molecule has 0 unspecified atom stereocenters. The van der Waals surface area contributed by atoms with Crippen LogP contribution in [0.1, 0.15) is 21.5 Å². The van der Waals surface area contributed by atoms with Crippen molar-refractivity contribution in [3.63, 3.8) is 0 Å². The minimum absolute atomic E-state index is 0.0444. The van der Waals surface area contributed by atoms with Crippen LogP contribution in [0, 0.1) is 22.7 Å². The van der Waals surface area contributed by atoms with Crippen LogP contribution in [-0.4, -0.2) is 28.6 Å². The number of carbonyl (C=O) groups excluding carboxylic acids is 1. The molecule has 0 saturated carbocycles. The maximum atomic E-state index is 12.4. The van der Waals surface area contributed by atoms with Gasteiger partial charge < -0.3 is 9.72 Å². The quantitative estimate of drug-likeness (QED) is 0.382. The molecule has 0 bridgehead atoms. The highest BCUT2D eigenvalue weighted by Crippen LogP contribution is 2.24. The number of hydrogen-bond acceptors (Lipinski definition) is 7. The standard InChI is InChI=1S/C21H14N4O3S/c1-28-16-8-6-15(7-9-16)19-17(11-23)20(27)25-21(24-19)29-12-18(26)14-4-2-13(10-22)3-5-14/h2-9H,12H2,1H3,(H,24,25,27). The molecule has 0 saturated heterocycles. The van der Waals surface area contributed by atoms with Gasteiger partial charge in [-0.3, -0.25) is 9.59 Å². The van der Waals surface area contributed by atoms with Crippen molar-refractivity contribution in [1.82, 2.24) is 9.97 Å². The molecule has 0 aliphatic heterocycles. The van der Waals surface area contributed by atoms with Gasteiger partial charge in [0.2, 0.25) is 0 Å². The first-order valence-corrected chi connectivity index (χ1v) is 9.39. The number of methoxy groups -OCH3 is 1. The number of benzene rings is 2. The molecule has 29 heavy (non-hydrogen) atoms. The molecule has 2 aromatic carbocycles. The maximum absolute atomic E-state index is 12.4. The van der Waals surface area contributed by atoms with Crippen LogP contribution in [-0.2, 0) is 0 Å². The summed E-state index contributed by atoms with van der Waals surface area (Å²) in [6, 6.07) is 17.0. The Labute approximate surface area is 170 Å². The maximum Gasteiger partial charge on any atom is 0.270 e. The number of rotatable bonds is 6. The molecule has 0 aliphatic carbocycles. The lowest BCUT2D eigenvalue weighted by Crippen LogP contribution is -2.15. The third-order valence-corrected chi connectivity index (χ3v) is 4.92. The number of hydrogen-bond donors (Lipinski definition) is 1. The van der Waals surface area contributed by atoms with E-state index in [1.807, 2.05) is 12.1 Å². The van der Waals surface area contributed by atoms with Crippen LogP contribution in [0.2, 0.25) is 0 Å². The first-order chi connectivity index (χ1) is 14.0. The highest BCUT2D eigenvalue weighted by molar-refractivity contribution is 7.99. The lowest BCUT2D eigenvalue weighted by molar-refractivity contribution is 0.102. The Morgan fingerprint density at radius 3 is 2.38 bits per heavy atom. The van der Waals surface area contributed by atoms with Gasteiger partial charge in [0, 0.05) is 11.1 Å². The van der Waals surface area contributed by atoms with Crippen LogP contribution >= 0.6 is 11.8 Å². The molecule has 0 aliphatic rings. The minimum Gasteiger partial charge on any atom is -0.497 e. The molecule has 1 N–H and O–H groups in total. The third kappa shape index (κ3) is 4.52.